The van der Waals surface area contributed by atoms with Gasteiger partial charge >= 0.3 is 0 Å². The predicted octanol–water partition coefficient (Wildman–Crippen LogP) is 0.420. The minimum absolute atomic E-state index is 0.0940. The standard InChI is InChI=1S/C10H22N2O2/c1-4-9(2)7-12(3)6-5-10(14)11-8-13/h9,13H,4-8H2,1-3H3,(H,11,14). The Labute approximate surface area is 86.3 Å². The molecule has 0 saturated carbocycles. The Morgan fingerprint density at radius 1 is 1.57 bits per heavy atom. The highest BCUT2D eigenvalue weighted by molar-refractivity contribution is 5.75. The van der Waals surface area contributed by atoms with E-state index in [4.69, 9.17) is 5.11 Å². The Bertz CT molecular complexity index is 162. The molecule has 4 nitrogen and oxygen atoms in total. The fourth-order valence-corrected chi connectivity index (χ4v) is 1.22. The molecular formula is C10H22N2O2. The average Bonchev–Trinajstić information content (AvgIpc) is 2.15. The SMILES string of the molecule is CCC(C)CN(C)CCC(=O)NCO. The fourth-order valence-electron chi connectivity index (χ4n) is 1.22. The van der Waals surface area contributed by atoms with Crippen molar-refractivity contribution in [2.45, 2.75) is 26.7 Å². The third kappa shape index (κ3) is 6.86. The van der Waals surface area contributed by atoms with Crippen LogP contribution in [0.1, 0.15) is 26.7 Å². The average molecular weight is 202 g/mol. The van der Waals surface area contributed by atoms with Crippen molar-refractivity contribution in [1.29, 1.82) is 0 Å². The van der Waals surface area contributed by atoms with Crippen LogP contribution in [0, 0.1) is 5.92 Å². The van der Waals surface area contributed by atoms with Crippen molar-refractivity contribution in [3.63, 3.8) is 0 Å². The molecule has 0 aliphatic carbocycles. The third-order valence-electron chi connectivity index (χ3n) is 2.32. The van der Waals surface area contributed by atoms with Gasteiger partial charge in [0.05, 0.1) is 0 Å². The number of carbonyl (C=O) groups excluding carboxylic acids is 1. The van der Waals surface area contributed by atoms with Crippen LogP contribution in [0.5, 0.6) is 0 Å². The molecule has 4 heteroatoms. The molecule has 14 heavy (non-hydrogen) atoms. The molecule has 2 N–H and O–H groups in total. The first-order valence-electron chi connectivity index (χ1n) is 5.16. The van der Waals surface area contributed by atoms with Crippen molar-refractivity contribution in [3.05, 3.63) is 0 Å². The van der Waals surface area contributed by atoms with Gasteiger partial charge in [-0.3, -0.25) is 4.79 Å². The van der Waals surface area contributed by atoms with Crippen molar-refractivity contribution in [2.75, 3.05) is 26.9 Å². The second kappa shape index (κ2) is 7.76. The summed E-state index contributed by atoms with van der Waals surface area (Å²) in [6, 6.07) is 0. The maximum absolute atomic E-state index is 11.0. The molecule has 0 aliphatic heterocycles. The minimum Gasteiger partial charge on any atom is -0.377 e. The van der Waals surface area contributed by atoms with E-state index in [0.717, 1.165) is 19.5 Å². The van der Waals surface area contributed by atoms with Crippen LogP contribution < -0.4 is 5.32 Å². The van der Waals surface area contributed by atoms with Crippen molar-refractivity contribution in [1.82, 2.24) is 10.2 Å². The van der Waals surface area contributed by atoms with Crippen LogP contribution in [-0.2, 0) is 4.79 Å². The number of nitrogens with one attached hydrogen (secondary N) is 1. The molecule has 1 amide bonds. The molecule has 0 radical (unpaired) electrons. The second-order valence-electron chi connectivity index (χ2n) is 3.78. The summed E-state index contributed by atoms with van der Waals surface area (Å²) < 4.78 is 0. The van der Waals surface area contributed by atoms with E-state index in [1.165, 1.54) is 0 Å². The van der Waals surface area contributed by atoms with Gasteiger partial charge in [0, 0.05) is 19.5 Å². The lowest BCUT2D eigenvalue weighted by atomic mass is 10.1. The fraction of sp³-hybridized carbons (Fsp3) is 0.900. The summed E-state index contributed by atoms with van der Waals surface area (Å²) in [6.45, 7) is 5.86. The number of hydrogen-bond acceptors (Lipinski definition) is 3. The molecule has 84 valence electrons. The summed E-state index contributed by atoms with van der Waals surface area (Å²) in [6.07, 6.45) is 1.61. The van der Waals surface area contributed by atoms with Crippen LogP contribution in [0.2, 0.25) is 0 Å². The number of aliphatic hydroxyl groups is 1. The van der Waals surface area contributed by atoms with Gasteiger partial charge in [-0.2, -0.15) is 0 Å². The van der Waals surface area contributed by atoms with E-state index in [2.05, 4.69) is 24.1 Å². The normalized spacial score (nSPS) is 12.9. The number of rotatable bonds is 7. The van der Waals surface area contributed by atoms with Crippen LogP contribution in [0.15, 0.2) is 0 Å². The summed E-state index contributed by atoms with van der Waals surface area (Å²) >= 11 is 0. The van der Waals surface area contributed by atoms with Gasteiger partial charge in [-0.25, -0.2) is 0 Å². The number of carbonyl (C=O) groups is 1. The molecule has 0 spiro atoms. The predicted molar refractivity (Wildman–Crippen MR) is 56.8 cm³/mol. The smallest absolute Gasteiger partial charge is 0.223 e. The zero-order valence-corrected chi connectivity index (χ0v) is 9.42. The Kier molecular flexibility index (Phi) is 7.42. The molecule has 0 saturated heterocycles. The van der Waals surface area contributed by atoms with E-state index in [9.17, 15) is 4.79 Å². The molecule has 1 unspecified atom stereocenters. The van der Waals surface area contributed by atoms with Crippen LogP contribution in [0.25, 0.3) is 0 Å². The number of amides is 1. The van der Waals surface area contributed by atoms with E-state index in [-0.39, 0.29) is 12.6 Å². The van der Waals surface area contributed by atoms with Crippen molar-refractivity contribution < 1.29 is 9.90 Å². The zero-order valence-electron chi connectivity index (χ0n) is 9.42. The summed E-state index contributed by atoms with van der Waals surface area (Å²) in [7, 11) is 2.01. The quantitative estimate of drug-likeness (QED) is 0.588. The highest BCUT2D eigenvalue weighted by Crippen LogP contribution is 2.02. The lowest BCUT2D eigenvalue weighted by Crippen LogP contribution is -2.31. The van der Waals surface area contributed by atoms with E-state index >= 15 is 0 Å². The first-order chi connectivity index (χ1) is 6.60. The van der Waals surface area contributed by atoms with Crippen molar-refractivity contribution in [2.24, 2.45) is 5.92 Å². The summed E-state index contributed by atoms with van der Waals surface area (Å²) in [5, 5.41) is 10.8. The first kappa shape index (κ1) is 13.4. The summed E-state index contributed by atoms with van der Waals surface area (Å²) in [4.78, 5) is 13.1. The zero-order chi connectivity index (χ0) is 11.0. The minimum atomic E-state index is -0.270. The van der Waals surface area contributed by atoms with Gasteiger partial charge in [-0.15, -0.1) is 0 Å². The molecule has 0 aromatic carbocycles. The highest BCUT2D eigenvalue weighted by Gasteiger charge is 2.06. The lowest BCUT2D eigenvalue weighted by Gasteiger charge is -2.19. The van der Waals surface area contributed by atoms with E-state index in [1.54, 1.807) is 0 Å². The van der Waals surface area contributed by atoms with Gasteiger partial charge < -0.3 is 15.3 Å². The summed E-state index contributed by atoms with van der Waals surface area (Å²) in [5.74, 6) is 0.574. The van der Waals surface area contributed by atoms with Crippen LogP contribution in [-0.4, -0.2) is 42.8 Å². The molecule has 0 fully saturated rings. The largest absolute Gasteiger partial charge is 0.377 e. The second-order valence-corrected chi connectivity index (χ2v) is 3.78. The molecule has 0 aromatic heterocycles. The number of hydrogen-bond donors (Lipinski definition) is 2. The number of nitrogens with zero attached hydrogens (tertiary/aromatic N) is 1. The lowest BCUT2D eigenvalue weighted by molar-refractivity contribution is -0.122. The van der Waals surface area contributed by atoms with Crippen LogP contribution >= 0.6 is 0 Å². The Morgan fingerprint density at radius 2 is 2.21 bits per heavy atom. The molecule has 0 aromatic rings. The van der Waals surface area contributed by atoms with Gasteiger partial charge in [-0.1, -0.05) is 20.3 Å². The maximum atomic E-state index is 11.0. The molecule has 0 heterocycles. The summed E-state index contributed by atoms with van der Waals surface area (Å²) in [5.41, 5.74) is 0. The molecule has 1 atom stereocenters. The van der Waals surface area contributed by atoms with Crippen LogP contribution in [0.3, 0.4) is 0 Å². The molecule has 0 bridgehead atoms. The third-order valence-corrected chi connectivity index (χ3v) is 2.32. The van der Waals surface area contributed by atoms with Crippen molar-refractivity contribution in [3.8, 4) is 0 Å². The van der Waals surface area contributed by atoms with Gasteiger partial charge in [0.2, 0.25) is 5.91 Å². The first-order valence-corrected chi connectivity index (χ1v) is 5.16. The van der Waals surface area contributed by atoms with E-state index in [0.29, 0.717) is 12.3 Å². The maximum Gasteiger partial charge on any atom is 0.223 e. The van der Waals surface area contributed by atoms with Gasteiger partial charge in [0.25, 0.3) is 0 Å². The Hall–Kier alpha value is -0.610. The monoisotopic (exact) mass is 202 g/mol. The van der Waals surface area contributed by atoms with Crippen LogP contribution in [0.4, 0.5) is 0 Å². The highest BCUT2D eigenvalue weighted by atomic mass is 16.3. The van der Waals surface area contributed by atoms with Crippen molar-refractivity contribution >= 4 is 5.91 Å². The molecule has 0 rings (SSSR count). The van der Waals surface area contributed by atoms with Gasteiger partial charge in [-0.05, 0) is 13.0 Å². The molecular weight excluding hydrogens is 180 g/mol. The van der Waals surface area contributed by atoms with Gasteiger partial charge in [0.1, 0.15) is 6.73 Å². The number of aliphatic hydroxyl groups excluding tert-OH is 1. The topological polar surface area (TPSA) is 52.6 Å². The van der Waals surface area contributed by atoms with Gasteiger partial charge in [0.15, 0.2) is 0 Å². The molecule has 0 aliphatic rings. The Balaban J connectivity index is 3.52. The van der Waals surface area contributed by atoms with E-state index < -0.39 is 0 Å². The Morgan fingerprint density at radius 3 is 2.71 bits per heavy atom. The van der Waals surface area contributed by atoms with E-state index in [1.807, 2.05) is 7.05 Å².